The molecule has 1 atom stereocenters. The summed E-state index contributed by atoms with van der Waals surface area (Å²) in [4.78, 5) is 29.3. The van der Waals surface area contributed by atoms with E-state index in [0.29, 0.717) is 24.5 Å². The molecule has 0 saturated carbocycles. The topological polar surface area (TPSA) is 92.3 Å². The van der Waals surface area contributed by atoms with Crippen LogP contribution in [-0.2, 0) is 0 Å². The average molecular weight is 338 g/mol. The Balaban J connectivity index is 0.00000192. The average Bonchev–Trinajstić information content (AvgIpc) is 3.08. The lowest BCUT2D eigenvalue weighted by molar-refractivity contribution is 0.0621. The molecule has 2 aromatic rings. The molecular weight excluding hydrogens is 318 g/mol. The Labute approximate surface area is 140 Å². The fourth-order valence-electron chi connectivity index (χ4n) is 2.89. The molecule has 0 radical (unpaired) electrons. The van der Waals surface area contributed by atoms with Crippen LogP contribution in [-0.4, -0.2) is 34.9 Å². The highest BCUT2D eigenvalue weighted by Crippen LogP contribution is 2.19. The summed E-state index contributed by atoms with van der Waals surface area (Å²) >= 11 is 0. The SMILES string of the molecule is Cl.NCC1CCCCN1C(=O)c1ccc(-c2ccco2)[nH]c1=O. The van der Waals surface area contributed by atoms with Gasteiger partial charge in [0.05, 0.1) is 12.0 Å². The molecule has 1 amide bonds. The summed E-state index contributed by atoms with van der Waals surface area (Å²) in [6.45, 7) is 1.08. The summed E-state index contributed by atoms with van der Waals surface area (Å²) in [5.41, 5.74) is 6.05. The van der Waals surface area contributed by atoms with Crippen molar-refractivity contribution in [1.82, 2.24) is 9.88 Å². The number of H-pyrrole nitrogens is 1. The zero-order chi connectivity index (χ0) is 15.5. The van der Waals surface area contributed by atoms with Gasteiger partial charge in [-0.25, -0.2) is 0 Å². The number of rotatable bonds is 3. The number of piperidine rings is 1. The predicted molar refractivity (Wildman–Crippen MR) is 89.7 cm³/mol. The second kappa shape index (κ2) is 7.48. The number of likely N-dealkylation sites (tertiary alicyclic amines) is 1. The normalized spacial score (nSPS) is 17.6. The van der Waals surface area contributed by atoms with Crippen LogP contribution in [0.15, 0.2) is 39.7 Å². The van der Waals surface area contributed by atoms with E-state index in [-0.39, 0.29) is 29.9 Å². The Kier molecular flexibility index (Phi) is 5.63. The number of nitrogens with two attached hydrogens (primary N) is 1. The molecule has 0 bridgehead atoms. The van der Waals surface area contributed by atoms with Gasteiger partial charge in [0.25, 0.3) is 11.5 Å². The van der Waals surface area contributed by atoms with Gasteiger partial charge in [0.2, 0.25) is 0 Å². The van der Waals surface area contributed by atoms with Crippen LogP contribution in [0.4, 0.5) is 0 Å². The third kappa shape index (κ3) is 3.48. The van der Waals surface area contributed by atoms with Crippen molar-refractivity contribution >= 4 is 18.3 Å². The number of hydrogen-bond donors (Lipinski definition) is 2. The van der Waals surface area contributed by atoms with Crippen molar-refractivity contribution in [1.29, 1.82) is 0 Å². The predicted octanol–water partition coefficient (Wildman–Crippen LogP) is 2.01. The van der Waals surface area contributed by atoms with Crippen LogP contribution in [0.2, 0.25) is 0 Å². The highest BCUT2D eigenvalue weighted by molar-refractivity contribution is 5.94. The first-order chi connectivity index (χ1) is 10.7. The van der Waals surface area contributed by atoms with E-state index in [4.69, 9.17) is 10.2 Å². The first kappa shape index (κ1) is 17.3. The molecule has 3 heterocycles. The van der Waals surface area contributed by atoms with E-state index in [9.17, 15) is 9.59 Å². The van der Waals surface area contributed by atoms with Gasteiger partial charge < -0.3 is 20.0 Å². The molecule has 0 aromatic carbocycles. The molecule has 2 aromatic heterocycles. The van der Waals surface area contributed by atoms with Crippen molar-refractivity contribution in [3.05, 3.63) is 46.4 Å². The Morgan fingerprint density at radius 1 is 1.35 bits per heavy atom. The van der Waals surface area contributed by atoms with Crippen LogP contribution in [0.1, 0.15) is 29.6 Å². The van der Waals surface area contributed by atoms with Crippen molar-refractivity contribution in [2.75, 3.05) is 13.1 Å². The van der Waals surface area contributed by atoms with Crippen LogP contribution >= 0.6 is 12.4 Å². The lowest BCUT2D eigenvalue weighted by Crippen LogP contribution is -2.48. The van der Waals surface area contributed by atoms with Gasteiger partial charge >= 0.3 is 0 Å². The molecule has 1 unspecified atom stereocenters. The second-order valence-corrected chi connectivity index (χ2v) is 5.48. The molecule has 0 aliphatic carbocycles. The first-order valence-corrected chi connectivity index (χ1v) is 7.49. The lowest BCUT2D eigenvalue weighted by atomic mass is 10.0. The summed E-state index contributed by atoms with van der Waals surface area (Å²) in [5.74, 6) is 0.316. The minimum absolute atomic E-state index is 0. The maximum atomic E-state index is 12.6. The number of aromatic nitrogens is 1. The second-order valence-electron chi connectivity index (χ2n) is 5.48. The number of carbonyl (C=O) groups is 1. The molecule has 3 N–H and O–H groups in total. The smallest absolute Gasteiger partial charge is 0.261 e. The highest BCUT2D eigenvalue weighted by Gasteiger charge is 2.27. The van der Waals surface area contributed by atoms with E-state index in [1.165, 1.54) is 6.26 Å². The van der Waals surface area contributed by atoms with Crippen molar-refractivity contribution in [3.8, 4) is 11.5 Å². The van der Waals surface area contributed by atoms with Crippen molar-refractivity contribution in [3.63, 3.8) is 0 Å². The third-order valence-electron chi connectivity index (χ3n) is 4.09. The van der Waals surface area contributed by atoms with Crippen molar-refractivity contribution in [2.45, 2.75) is 25.3 Å². The van der Waals surface area contributed by atoms with Crippen molar-refractivity contribution < 1.29 is 9.21 Å². The zero-order valence-electron chi connectivity index (χ0n) is 12.7. The Morgan fingerprint density at radius 3 is 2.83 bits per heavy atom. The number of hydrogen-bond acceptors (Lipinski definition) is 4. The molecular formula is C16H20ClN3O3. The Morgan fingerprint density at radius 2 is 2.17 bits per heavy atom. The molecule has 23 heavy (non-hydrogen) atoms. The number of pyridine rings is 1. The lowest BCUT2D eigenvalue weighted by Gasteiger charge is -2.34. The number of amides is 1. The quantitative estimate of drug-likeness (QED) is 0.896. The minimum Gasteiger partial charge on any atom is -0.463 e. The monoisotopic (exact) mass is 337 g/mol. The fraction of sp³-hybridized carbons (Fsp3) is 0.375. The van der Waals surface area contributed by atoms with E-state index in [1.807, 2.05) is 0 Å². The van der Waals surface area contributed by atoms with E-state index < -0.39 is 5.56 Å². The number of carbonyl (C=O) groups excluding carboxylic acids is 1. The van der Waals surface area contributed by atoms with E-state index in [2.05, 4.69) is 4.98 Å². The summed E-state index contributed by atoms with van der Waals surface area (Å²) in [7, 11) is 0. The molecule has 0 spiro atoms. The number of aromatic amines is 1. The van der Waals surface area contributed by atoms with Crippen LogP contribution in [0.3, 0.4) is 0 Å². The van der Waals surface area contributed by atoms with Crippen LogP contribution in [0.5, 0.6) is 0 Å². The van der Waals surface area contributed by atoms with Crippen LogP contribution < -0.4 is 11.3 Å². The van der Waals surface area contributed by atoms with E-state index in [0.717, 1.165) is 19.3 Å². The van der Waals surface area contributed by atoms with Gasteiger partial charge in [-0.2, -0.15) is 0 Å². The zero-order valence-corrected chi connectivity index (χ0v) is 13.5. The molecule has 1 aliphatic rings. The van der Waals surface area contributed by atoms with E-state index >= 15 is 0 Å². The van der Waals surface area contributed by atoms with Gasteiger partial charge in [0, 0.05) is 19.1 Å². The molecule has 7 heteroatoms. The van der Waals surface area contributed by atoms with Gasteiger partial charge in [-0.15, -0.1) is 12.4 Å². The molecule has 124 valence electrons. The third-order valence-corrected chi connectivity index (χ3v) is 4.09. The minimum atomic E-state index is -0.403. The van der Waals surface area contributed by atoms with Crippen molar-refractivity contribution in [2.24, 2.45) is 5.73 Å². The maximum Gasteiger partial charge on any atom is 0.261 e. The van der Waals surface area contributed by atoms with Gasteiger partial charge in [0.1, 0.15) is 11.3 Å². The number of furan rings is 1. The Hall–Kier alpha value is -2.05. The number of halogens is 1. The number of nitrogens with one attached hydrogen (secondary N) is 1. The summed E-state index contributed by atoms with van der Waals surface area (Å²) in [6, 6.07) is 6.76. The van der Waals surface area contributed by atoms with E-state index in [1.54, 1.807) is 29.2 Å². The number of nitrogens with zero attached hydrogens (tertiary/aromatic N) is 1. The van der Waals surface area contributed by atoms with Gasteiger partial charge in [-0.05, 0) is 43.5 Å². The van der Waals surface area contributed by atoms with Gasteiger partial charge in [0.15, 0.2) is 0 Å². The molecule has 1 saturated heterocycles. The summed E-state index contributed by atoms with van der Waals surface area (Å²) in [6.07, 6.45) is 4.45. The molecule has 3 rings (SSSR count). The molecule has 1 fully saturated rings. The van der Waals surface area contributed by atoms with Crippen LogP contribution in [0.25, 0.3) is 11.5 Å². The molecule has 1 aliphatic heterocycles. The maximum absolute atomic E-state index is 12.6. The largest absolute Gasteiger partial charge is 0.463 e. The summed E-state index contributed by atoms with van der Waals surface area (Å²) in [5, 5.41) is 0. The van der Waals surface area contributed by atoms with Crippen LogP contribution in [0, 0.1) is 0 Å². The first-order valence-electron chi connectivity index (χ1n) is 7.49. The van der Waals surface area contributed by atoms with Gasteiger partial charge in [-0.1, -0.05) is 0 Å². The summed E-state index contributed by atoms with van der Waals surface area (Å²) < 4.78 is 5.24. The highest BCUT2D eigenvalue weighted by atomic mass is 35.5. The Bertz CT molecular complexity index is 712. The fourth-order valence-corrected chi connectivity index (χ4v) is 2.89. The molecule has 6 nitrogen and oxygen atoms in total. The van der Waals surface area contributed by atoms with Gasteiger partial charge in [-0.3, -0.25) is 9.59 Å². The standard InChI is InChI=1S/C16H19N3O3.ClH/c17-10-11-4-1-2-8-19(11)16(21)12-6-7-13(18-15(12)20)14-5-3-9-22-14;/h3,5-7,9,11H,1-2,4,8,10,17H2,(H,18,20);1H.